The molecule has 0 spiro atoms. The molecule has 7 heteroatoms. The third-order valence-electron chi connectivity index (χ3n) is 0.674. The number of carbonyl (C=O) groups is 2. The van der Waals surface area contributed by atoms with Crippen molar-refractivity contribution >= 4 is 17.7 Å². The minimum atomic E-state index is -1.54. The Kier molecular flexibility index (Phi) is 3.57. The van der Waals surface area contributed by atoms with Crippen molar-refractivity contribution < 1.29 is 19.1 Å². The second kappa shape index (κ2) is 4.20. The van der Waals surface area contributed by atoms with Crippen molar-refractivity contribution in [1.82, 2.24) is 5.43 Å². The Hall–Kier alpha value is -1.66. The lowest BCUT2D eigenvalue weighted by Gasteiger charge is -1.94. The van der Waals surface area contributed by atoms with Crippen LogP contribution in [-0.4, -0.2) is 29.5 Å². The number of halogens is 1. The van der Waals surface area contributed by atoms with E-state index in [1.54, 1.807) is 5.43 Å². The molecule has 0 aromatic heterocycles. The lowest BCUT2D eigenvalue weighted by Crippen LogP contribution is -2.28. The predicted molar refractivity (Wildman–Crippen MR) is 33.8 cm³/mol. The van der Waals surface area contributed by atoms with E-state index in [1.807, 2.05) is 0 Å². The lowest BCUT2D eigenvalue weighted by atomic mass is 10.4. The Morgan fingerprint density at radius 1 is 1.64 bits per heavy atom. The van der Waals surface area contributed by atoms with Crippen molar-refractivity contribution in [2.24, 2.45) is 10.8 Å². The number of hydrogen-bond donors (Lipinski definition) is 3. The second-order valence-electron chi connectivity index (χ2n) is 1.47. The summed E-state index contributed by atoms with van der Waals surface area (Å²) in [5.74, 6) is -1.54. The van der Waals surface area contributed by atoms with Gasteiger partial charge in [0.1, 0.15) is 6.67 Å². The molecule has 0 bridgehead atoms. The highest BCUT2D eigenvalue weighted by atomic mass is 19.1. The summed E-state index contributed by atoms with van der Waals surface area (Å²) in [5, 5.41) is 11.0. The maximum atomic E-state index is 11.7. The van der Waals surface area contributed by atoms with Crippen LogP contribution in [0.4, 0.5) is 9.18 Å². The summed E-state index contributed by atoms with van der Waals surface area (Å²) in [6.07, 6.45) is 0. The summed E-state index contributed by atoms with van der Waals surface area (Å²) in [6.45, 7) is -1.27. The number of rotatable bonds is 3. The molecule has 0 aliphatic heterocycles. The first-order valence-electron chi connectivity index (χ1n) is 2.49. The number of carboxylic acids is 1. The van der Waals surface area contributed by atoms with Gasteiger partial charge in [0, 0.05) is 0 Å². The Morgan fingerprint density at radius 2 is 2.18 bits per heavy atom. The zero-order chi connectivity index (χ0) is 8.85. The summed E-state index contributed by atoms with van der Waals surface area (Å²) in [6, 6.07) is -1.04. The van der Waals surface area contributed by atoms with Gasteiger partial charge in [0.15, 0.2) is 5.71 Å². The van der Waals surface area contributed by atoms with E-state index in [2.05, 4.69) is 10.8 Å². The number of nitrogens with two attached hydrogens (primary N) is 1. The first kappa shape index (κ1) is 9.34. The summed E-state index contributed by atoms with van der Waals surface area (Å²) in [7, 11) is 0. The average molecular weight is 163 g/mol. The van der Waals surface area contributed by atoms with Crippen LogP contribution in [0.25, 0.3) is 0 Å². The largest absolute Gasteiger partial charge is 0.477 e. The fourth-order valence-electron chi connectivity index (χ4n) is 0.257. The van der Waals surface area contributed by atoms with Crippen LogP contribution in [0.1, 0.15) is 0 Å². The molecule has 62 valence electrons. The molecular formula is C4H6FN3O3. The normalized spacial score (nSPS) is 10.8. The van der Waals surface area contributed by atoms with Gasteiger partial charge in [0.05, 0.1) is 0 Å². The zero-order valence-electron chi connectivity index (χ0n) is 5.37. The SMILES string of the molecule is NC(=O)N/N=C(\CF)C(=O)O. The van der Waals surface area contributed by atoms with Crippen molar-refractivity contribution in [3.8, 4) is 0 Å². The quantitative estimate of drug-likeness (QED) is 0.369. The standard InChI is InChI=1S/C4H6FN3O3/c5-1-2(3(9)10)7-8-4(6)11/h1H2,(H,9,10)(H3,6,8,11)/b7-2+. The molecule has 0 unspecified atom stereocenters. The molecule has 0 fully saturated rings. The van der Waals surface area contributed by atoms with Gasteiger partial charge >= 0.3 is 12.0 Å². The van der Waals surface area contributed by atoms with Gasteiger partial charge in [0.2, 0.25) is 0 Å². The molecule has 4 N–H and O–H groups in total. The number of alkyl halides is 1. The monoisotopic (exact) mass is 163 g/mol. The number of primary amides is 1. The van der Waals surface area contributed by atoms with Crippen LogP contribution in [0, 0.1) is 0 Å². The minimum absolute atomic E-state index is 0.802. The van der Waals surface area contributed by atoms with E-state index in [0.29, 0.717) is 0 Å². The number of nitrogens with zero attached hydrogens (tertiary/aromatic N) is 1. The smallest absolute Gasteiger partial charge is 0.354 e. The number of carbonyl (C=O) groups excluding carboxylic acids is 1. The van der Waals surface area contributed by atoms with Gasteiger partial charge in [-0.1, -0.05) is 0 Å². The van der Waals surface area contributed by atoms with Crippen LogP contribution in [-0.2, 0) is 4.79 Å². The molecule has 0 aromatic carbocycles. The summed E-state index contributed by atoms with van der Waals surface area (Å²) >= 11 is 0. The van der Waals surface area contributed by atoms with Gasteiger partial charge in [-0.25, -0.2) is 19.4 Å². The number of nitrogens with one attached hydrogen (secondary N) is 1. The number of hydrogen-bond acceptors (Lipinski definition) is 3. The Morgan fingerprint density at radius 3 is 2.45 bits per heavy atom. The number of carboxylic acid groups (broad SMARTS) is 1. The van der Waals surface area contributed by atoms with Gasteiger partial charge in [0.25, 0.3) is 0 Å². The lowest BCUT2D eigenvalue weighted by molar-refractivity contribution is -0.129. The van der Waals surface area contributed by atoms with Crippen molar-refractivity contribution in [2.45, 2.75) is 0 Å². The van der Waals surface area contributed by atoms with E-state index < -0.39 is 24.4 Å². The number of amides is 2. The molecule has 0 saturated carbocycles. The van der Waals surface area contributed by atoms with Crippen LogP contribution in [0.5, 0.6) is 0 Å². The Labute approximate surface area is 60.9 Å². The van der Waals surface area contributed by atoms with E-state index in [4.69, 9.17) is 5.11 Å². The first-order chi connectivity index (χ1) is 5.07. The van der Waals surface area contributed by atoms with Crippen LogP contribution in [0.3, 0.4) is 0 Å². The molecule has 0 aliphatic carbocycles. The van der Waals surface area contributed by atoms with E-state index in [-0.39, 0.29) is 0 Å². The Bertz CT molecular complexity index is 203. The van der Waals surface area contributed by atoms with Gasteiger partial charge in [-0.3, -0.25) is 0 Å². The molecule has 6 nitrogen and oxygen atoms in total. The maximum absolute atomic E-state index is 11.7. The van der Waals surface area contributed by atoms with Gasteiger partial charge in [-0.2, -0.15) is 5.10 Å². The van der Waals surface area contributed by atoms with Crippen molar-refractivity contribution in [3.63, 3.8) is 0 Å². The molecule has 0 atom stereocenters. The fourth-order valence-corrected chi connectivity index (χ4v) is 0.257. The summed E-state index contributed by atoms with van der Waals surface area (Å²) in [4.78, 5) is 19.9. The van der Waals surface area contributed by atoms with Crippen LogP contribution in [0.15, 0.2) is 5.10 Å². The minimum Gasteiger partial charge on any atom is -0.477 e. The molecular weight excluding hydrogens is 157 g/mol. The maximum Gasteiger partial charge on any atom is 0.354 e. The third-order valence-corrected chi connectivity index (χ3v) is 0.674. The number of aliphatic carboxylic acids is 1. The van der Waals surface area contributed by atoms with Crippen molar-refractivity contribution in [2.75, 3.05) is 6.67 Å². The van der Waals surface area contributed by atoms with Crippen LogP contribution >= 0.6 is 0 Å². The molecule has 0 radical (unpaired) electrons. The fraction of sp³-hybridized carbons (Fsp3) is 0.250. The summed E-state index contributed by atoms with van der Waals surface area (Å²) in [5.41, 5.74) is 5.30. The van der Waals surface area contributed by atoms with Crippen LogP contribution in [0.2, 0.25) is 0 Å². The molecule has 0 rings (SSSR count). The first-order valence-corrected chi connectivity index (χ1v) is 2.49. The number of urea groups is 1. The Balaban J connectivity index is 4.13. The van der Waals surface area contributed by atoms with E-state index >= 15 is 0 Å². The number of hydrazone groups is 1. The van der Waals surface area contributed by atoms with E-state index in [0.717, 1.165) is 0 Å². The molecule has 11 heavy (non-hydrogen) atoms. The highest BCUT2D eigenvalue weighted by Gasteiger charge is 2.08. The van der Waals surface area contributed by atoms with Gasteiger partial charge in [-0.05, 0) is 0 Å². The third kappa shape index (κ3) is 3.84. The highest BCUT2D eigenvalue weighted by molar-refractivity contribution is 6.36. The highest BCUT2D eigenvalue weighted by Crippen LogP contribution is 1.78. The summed E-state index contributed by atoms with van der Waals surface area (Å²) < 4.78 is 11.7. The molecule has 0 aliphatic rings. The molecule has 2 amide bonds. The molecule has 0 saturated heterocycles. The predicted octanol–water partition coefficient (Wildman–Crippen LogP) is -0.935. The molecule has 0 aromatic rings. The van der Waals surface area contributed by atoms with Gasteiger partial charge < -0.3 is 10.8 Å². The second-order valence-corrected chi connectivity index (χ2v) is 1.47. The van der Waals surface area contributed by atoms with Crippen molar-refractivity contribution in [1.29, 1.82) is 0 Å². The van der Waals surface area contributed by atoms with Crippen LogP contribution < -0.4 is 11.2 Å². The van der Waals surface area contributed by atoms with E-state index in [9.17, 15) is 14.0 Å². The van der Waals surface area contributed by atoms with Crippen molar-refractivity contribution in [3.05, 3.63) is 0 Å². The topological polar surface area (TPSA) is 105 Å². The van der Waals surface area contributed by atoms with Gasteiger partial charge in [-0.15, -0.1) is 0 Å². The zero-order valence-corrected chi connectivity index (χ0v) is 5.37. The van der Waals surface area contributed by atoms with E-state index in [1.165, 1.54) is 0 Å². The average Bonchev–Trinajstić information content (AvgIpc) is 1.87. The molecule has 0 heterocycles.